The lowest BCUT2D eigenvalue weighted by Gasteiger charge is -2.47. The molecule has 1 aliphatic rings. The zero-order chi connectivity index (χ0) is 35.1. The van der Waals surface area contributed by atoms with Crippen LogP contribution in [0.5, 0.6) is 11.5 Å². The molecule has 0 aliphatic carbocycles. The van der Waals surface area contributed by atoms with Gasteiger partial charge in [-0.3, -0.25) is 4.79 Å². The first-order valence-electron chi connectivity index (χ1n) is 14.6. The van der Waals surface area contributed by atoms with Crippen LogP contribution in [0.2, 0.25) is 0 Å². The SMILES string of the molecule is CO[C@@H]1[C@@H](OC(N)=O)[C@@H](O)[C@H](Oc2ccc3c(O)c(CC(=O)c4cccc(-c5ccccc5C(F)(F)F)c4)c(=O)oc3c2C)OC1(C)C. The van der Waals surface area contributed by atoms with E-state index in [0.29, 0.717) is 0 Å². The molecule has 4 aromatic rings. The molecule has 14 heteroatoms. The molecule has 1 aromatic heterocycles. The van der Waals surface area contributed by atoms with Gasteiger partial charge in [0, 0.05) is 24.7 Å². The Morgan fingerprint density at radius 3 is 2.44 bits per heavy atom. The molecule has 0 unspecified atom stereocenters. The van der Waals surface area contributed by atoms with Crippen LogP contribution in [-0.2, 0) is 26.8 Å². The number of carbonyl (C=O) groups excluding carboxylic acids is 2. The Morgan fingerprint density at radius 2 is 1.77 bits per heavy atom. The molecule has 254 valence electrons. The number of ether oxygens (including phenoxy) is 4. The molecule has 3 aromatic carbocycles. The van der Waals surface area contributed by atoms with Crippen molar-refractivity contribution in [1.82, 2.24) is 0 Å². The van der Waals surface area contributed by atoms with Crippen molar-refractivity contribution in [3.8, 4) is 22.6 Å². The highest BCUT2D eigenvalue weighted by Gasteiger charge is 2.53. The van der Waals surface area contributed by atoms with E-state index in [0.717, 1.165) is 6.07 Å². The fourth-order valence-corrected chi connectivity index (χ4v) is 5.86. The number of aryl methyl sites for hydroxylation is 1. The number of ketones is 1. The van der Waals surface area contributed by atoms with Crippen LogP contribution in [0.25, 0.3) is 22.1 Å². The molecule has 0 saturated carbocycles. The highest BCUT2D eigenvalue weighted by atomic mass is 19.4. The first-order valence-corrected chi connectivity index (χ1v) is 14.6. The van der Waals surface area contributed by atoms with Gasteiger partial charge in [-0.15, -0.1) is 0 Å². The predicted molar refractivity (Wildman–Crippen MR) is 165 cm³/mol. The van der Waals surface area contributed by atoms with Crippen molar-refractivity contribution in [2.45, 2.75) is 63.6 Å². The number of methoxy groups -OCH3 is 1. The summed E-state index contributed by atoms with van der Waals surface area (Å²) in [5, 5.41) is 22.1. The first kappa shape index (κ1) is 34.4. The number of aromatic hydroxyl groups is 1. The van der Waals surface area contributed by atoms with Gasteiger partial charge in [-0.2, -0.15) is 13.2 Å². The molecule has 48 heavy (non-hydrogen) atoms. The first-order chi connectivity index (χ1) is 22.5. The van der Waals surface area contributed by atoms with Gasteiger partial charge < -0.3 is 39.3 Å². The number of hydrogen-bond donors (Lipinski definition) is 3. The van der Waals surface area contributed by atoms with Crippen LogP contribution in [0.1, 0.15) is 40.9 Å². The lowest BCUT2D eigenvalue weighted by atomic mass is 9.89. The summed E-state index contributed by atoms with van der Waals surface area (Å²) in [5.74, 6) is -1.10. The number of amides is 1. The maximum Gasteiger partial charge on any atom is 0.417 e. The number of aliphatic hydroxyl groups excluding tert-OH is 1. The molecule has 1 fully saturated rings. The second kappa shape index (κ2) is 12.9. The zero-order valence-electron chi connectivity index (χ0n) is 26.2. The third kappa shape index (κ3) is 6.59. The van der Waals surface area contributed by atoms with E-state index in [4.69, 9.17) is 29.1 Å². The molecule has 1 amide bonds. The van der Waals surface area contributed by atoms with Gasteiger partial charge in [0.1, 0.15) is 23.2 Å². The quantitative estimate of drug-likeness (QED) is 0.166. The van der Waals surface area contributed by atoms with Gasteiger partial charge >= 0.3 is 17.9 Å². The van der Waals surface area contributed by atoms with Crippen molar-refractivity contribution in [3.05, 3.63) is 93.3 Å². The van der Waals surface area contributed by atoms with Gasteiger partial charge in [0.25, 0.3) is 0 Å². The Labute approximate surface area is 271 Å². The Morgan fingerprint density at radius 1 is 1.06 bits per heavy atom. The summed E-state index contributed by atoms with van der Waals surface area (Å²) in [4.78, 5) is 37.9. The second-order valence-electron chi connectivity index (χ2n) is 11.8. The van der Waals surface area contributed by atoms with E-state index >= 15 is 0 Å². The number of nitrogens with two attached hydrogens (primary N) is 1. The largest absolute Gasteiger partial charge is 0.507 e. The summed E-state index contributed by atoms with van der Waals surface area (Å²) in [6.07, 6.45) is -11.5. The molecule has 0 bridgehead atoms. The maximum absolute atomic E-state index is 13.6. The zero-order valence-corrected chi connectivity index (χ0v) is 26.2. The molecule has 11 nitrogen and oxygen atoms in total. The highest BCUT2D eigenvalue weighted by molar-refractivity contribution is 6.00. The Balaban J connectivity index is 1.43. The van der Waals surface area contributed by atoms with Crippen LogP contribution < -0.4 is 16.1 Å². The molecule has 1 saturated heterocycles. The fourth-order valence-electron chi connectivity index (χ4n) is 5.86. The van der Waals surface area contributed by atoms with E-state index < -0.39 is 71.6 Å². The number of benzene rings is 3. The van der Waals surface area contributed by atoms with E-state index in [1.54, 1.807) is 13.8 Å². The number of alkyl halides is 3. The average molecular weight is 672 g/mol. The Bertz CT molecular complexity index is 1940. The van der Waals surface area contributed by atoms with Crippen LogP contribution >= 0.6 is 0 Å². The van der Waals surface area contributed by atoms with Crippen molar-refractivity contribution in [3.63, 3.8) is 0 Å². The molecule has 0 radical (unpaired) electrons. The smallest absolute Gasteiger partial charge is 0.417 e. The third-order valence-corrected chi connectivity index (χ3v) is 8.17. The lowest BCUT2D eigenvalue weighted by Crippen LogP contribution is -2.65. The number of hydrogen-bond acceptors (Lipinski definition) is 10. The number of rotatable bonds is 8. The Kier molecular flexibility index (Phi) is 9.28. The van der Waals surface area contributed by atoms with Crippen LogP contribution in [0, 0.1) is 6.92 Å². The van der Waals surface area contributed by atoms with Gasteiger partial charge in [-0.05, 0) is 56.2 Å². The van der Waals surface area contributed by atoms with E-state index in [9.17, 15) is 37.8 Å². The van der Waals surface area contributed by atoms with Crippen molar-refractivity contribution < 1.29 is 56.3 Å². The van der Waals surface area contributed by atoms with Gasteiger partial charge in [-0.1, -0.05) is 36.4 Å². The van der Waals surface area contributed by atoms with Crippen LogP contribution in [0.3, 0.4) is 0 Å². The number of fused-ring (bicyclic) bond motifs is 1. The molecule has 2 heterocycles. The van der Waals surface area contributed by atoms with E-state index in [-0.39, 0.29) is 44.5 Å². The molecule has 4 N–H and O–H groups in total. The van der Waals surface area contributed by atoms with Gasteiger partial charge in [0.05, 0.1) is 22.1 Å². The standard InChI is InChI=1S/C34H32F3NO10/c1-16-24(45-31-26(41)28(47-32(38)43)29(44-4)33(2,3)48-31)13-12-20-25(40)21(30(42)46-27(16)20)15-23(39)18-9-7-8-17(14-18)19-10-5-6-11-22(19)34(35,36)37/h5-14,26,28-29,31,40-41H,15H2,1-4H3,(H2,38,43)/t26-,28+,29-,31-/m1/s1. The minimum atomic E-state index is -4.62. The number of primary amides is 1. The van der Waals surface area contributed by atoms with Crippen molar-refractivity contribution in [1.29, 1.82) is 0 Å². The molecule has 4 atom stereocenters. The highest BCUT2D eigenvalue weighted by Crippen LogP contribution is 2.39. The van der Waals surface area contributed by atoms with Gasteiger partial charge in [0.2, 0.25) is 6.29 Å². The topological polar surface area (TPSA) is 168 Å². The van der Waals surface area contributed by atoms with Crippen molar-refractivity contribution in [2.24, 2.45) is 5.73 Å². The number of halogens is 3. The van der Waals surface area contributed by atoms with Gasteiger partial charge in [-0.25, -0.2) is 9.59 Å². The Hall–Kier alpha value is -4.92. The van der Waals surface area contributed by atoms with Gasteiger partial charge in [0.15, 0.2) is 18.0 Å². The monoisotopic (exact) mass is 671 g/mol. The summed E-state index contributed by atoms with van der Waals surface area (Å²) >= 11 is 0. The normalized spacial score (nSPS) is 20.8. The lowest BCUT2D eigenvalue weighted by molar-refractivity contribution is -0.304. The summed E-state index contributed by atoms with van der Waals surface area (Å²) in [5.41, 5.74) is 2.01. The van der Waals surface area contributed by atoms with E-state index in [2.05, 4.69) is 0 Å². The van der Waals surface area contributed by atoms with Crippen LogP contribution in [-0.4, -0.2) is 59.4 Å². The summed E-state index contributed by atoms with van der Waals surface area (Å²) < 4.78 is 68.7. The van der Waals surface area contributed by atoms with E-state index in [1.165, 1.54) is 68.6 Å². The molecule has 5 rings (SSSR count). The predicted octanol–water partition coefficient (Wildman–Crippen LogP) is 5.27. The summed E-state index contributed by atoms with van der Waals surface area (Å²) in [6, 6.07) is 13.3. The summed E-state index contributed by atoms with van der Waals surface area (Å²) in [6.45, 7) is 4.78. The minimum absolute atomic E-state index is 0.0200. The molecular formula is C34H32F3NO10. The minimum Gasteiger partial charge on any atom is -0.507 e. The van der Waals surface area contributed by atoms with Crippen LogP contribution in [0.4, 0.5) is 18.0 Å². The third-order valence-electron chi connectivity index (χ3n) is 8.17. The van der Waals surface area contributed by atoms with Crippen molar-refractivity contribution in [2.75, 3.05) is 7.11 Å². The number of carbonyl (C=O) groups is 2. The van der Waals surface area contributed by atoms with Crippen molar-refractivity contribution >= 4 is 22.8 Å². The fraction of sp³-hybridized carbons (Fsp3) is 0.324. The molecule has 0 spiro atoms. The molecule has 1 aliphatic heterocycles. The number of aliphatic hydroxyl groups is 1. The number of Topliss-reactive ketones (excluding diaryl/α,β-unsaturated/α-hetero) is 1. The molecular weight excluding hydrogens is 639 g/mol. The van der Waals surface area contributed by atoms with Crippen LogP contribution in [0.15, 0.2) is 69.9 Å². The second-order valence-corrected chi connectivity index (χ2v) is 11.8. The average Bonchev–Trinajstić information content (AvgIpc) is 3.02. The van der Waals surface area contributed by atoms with E-state index in [1.807, 2.05) is 0 Å². The summed E-state index contributed by atoms with van der Waals surface area (Å²) in [7, 11) is 1.35. The maximum atomic E-state index is 13.6.